The van der Waals surface area contributed by atoms with Crippen LogP contribution in [0.1, 0.15) is 182 Å². The number of carboxylic acids is 1. The molecule has 0 spiro atoms. The SMILES string of the molecule is CCCCCCCCCCCCCCCCCCCCCCCCCCOC(=O)c1ccccc1O.O=C(O)c1ccccc1O. The van der Waals surface area contributed by atoms with Crippen LogP contribution in [0.25, 0.3) is 0 Å². The van der Waals surface area contributed by atoms with E-state index in [4.69, 9.17) is 14.9 Å². The number of hydrogen-bond donors (Lipinski definition) is 3. The number of phenols is 2. The van der Waals surface area contributed by atoms with Crippen LogP contribution in [0, 0.1) is 0 Å². The summed E-state index contributed by atoms with van der Waals surface area (Å²) in [7, 11) is 0. The molecule has 0 aliphatic rings. The lowest BCUT2D eigenvalue weighted by Gasteiger charge is -2.06. The maximum Gasteiger partial charge on any atom is 0.341 e. The summed E-state index contributed by atoms with van der Waals surface area (Å²) < 4.78 is 5.26. The van der Waals surface area contributed by atoms with E-state index >= 15 is 0 Å². The van der Waals surface area contributed by atoms with Crippen LogP contribution in [0.15, 0.2) is 48.5 Å². The Morgan fingerprint density at radius 3 is 1.09 bits per heavy atom. The second-order valence-electron chi connectivity index (χ2n) is 12.6. The van der Waals surface area contributed by atoms with Gasteiger partial charge in [-0.25, -0.2) is 9.59 Å². The van der Waals surface area contributed by atoms with Crippen molar-refractivity contribution >= 4 is 11.9 Å². The Morgan fingerprint density at radius 1 is 0.478 bits per heavy atom. The smallest absolute Gasteiger partial charge is 0.341 e. The molecular formula is C40H64O6. The maximum absolute atomic E-state index is 11.9. The zero-order chi connectivity index (χ0) is 33.5. The molecule has 0 radical (unpaired) electrons. The summed E-state index contributed by atoms with van der Waals surface area (Å²) >= 11 is 0. The van der Waals surface area contributed by atoms with Gasteiger partial charge in [0.1, 0.15) is 22.6 Å². The van der Waals surface area contributed by atoms with E-state index in [9.17, 15) is 14.7 Å². The monoisotopic (exact) mass is 640 g/mol. The number of carbonyl (C=O) groups is 2. The van der Waals surface area contributed by atoms with Gasteiger partial charge >= 0.3 is 11.9 Å². The summed E-state index contributed by atoms with van der Waals surface area (Å²) in [5.74, 6) is -1.75. The Balaban J connectivity index is 0.000000892. The molecule has 260 valence electrons. The Bertz CT molecular complexity index is 1020. The number of benzene rings is 2. The maximum atomic E-state index is 11.9. The summed E-state index contributed by atoms with van der Waals surface area (Å²) in [4.78, 5) is 22.2. The van der Waals surface area contributed by atoms with Gasteiger partial charge in [-0.3, -0.25) is 0 Å². The van der Waals surface area contributed by atoms with Crippen molar-refractivity contribution in [2.45, 2.75) is 161 Å². The quantitative estimate of drug-likeness (QED) is 0.0663. The van der Waals surface area contributed by atoms with Crippen LogP contribution in [-0.4, -0.2) is 33.9 Å². The van der Waals surface area contributed by atoms with Gasteiger partial charge in [-0.15, -0.1) is 0 Å². The van der Waals surface area contributed by atoms with Gasteiger partial charge in [0.25, 0.3) is 0 Å². The molecular weight excluding hydrogens is 576 g/mol. The third-order valence-electron chi connectivity index (χ3n) is 8.49. The Kier molecular flexibility index (Phi) is 26.2. The van der Waals surface area contributed by atoms with Crippen molar-refractivity contribution in [3.63, 3.8) is 0 Å². The van der Waals surface area contributed by atoms with Gasteiger partial charge < -0.3 is 20.1 Å². The van der Waals surface area contributed by atoms with Crippen molar-refractivity contribution in [2.75, 3.05) is 6.61 Å². The van der Waals surface area contributed by atoms with E-state index in [0.717, 1.165) is 12.8 Å². The fourth-order valence-corrected chi connectivity index (χ4v) is 5.61. The molecule has 0 saturated heterocycles. The van der Waals surface area contributed by atoms with Gasteiger partial charge in [-0.1, -0.05) is 179 Å². The number of aromatic hydroxyl groups is 2. The van der Waals surface area contributed by atoms with Gasteiger partial charge in [0, 0.05) is 0 Å². The summed E-state index contributed by atoms with van der Waals surface area (Å²) in [6, 6.07) is 12.4. The molecule has 6 heteroatoms. The van der Waals surface area contributed by atoms with E-state index in [1.165, 1.54) is 159 Å². The third-order valence-corrected chi connectivity index (χ3v) is 8.49. The fourth-order valence-electron chi connectivity index (χ4n) is 5.61. The number of aromatic carboxylic acids is 1. The first-order chi connectivity index (χ1) is 22.5. The van der Waals surface area contributed by atoms with Gasteiger partial charge in [0.05, 0.1) is 6.61 Å². The van der Waals surface area contributed by atoms with Crippen molar-refractivity contribution in [1.82, 2.24) is 0 Å². The van der Waals surface area contributed by atoms with E-state index in [1.54, 1.807) is 30.3 Å². The fraction of sp³-hybridized carbons (Fsp3) is 0.650. The van der Waals surface area contributed by atoms with Crippen LogP contribution in [0.4, 0.5) is 0 Å². The Hall–Kier alpha value is -3.02. The first-order valence-corrected chi connectivity index (χ1v) is 18.4. The van der Waals surface area contributed by atoms with E-state index in [2.05, 4.69) is 6.92 Å². The molecule has 0 bridgehead atoms. The highest BCUT2D eigenvalue weighted by Crippen LogP contribution is 2.18. The lowest BCUT2D eigenvalue weighted by atomic mass is 10.0. The minimum atomic E-state index is -1.11. The normalized spacial score (nSPS) is 10.7. The largest absolute Gasteiger partial charge is 0.507 e. The Labute approximate surface area is 280 Å². The van der Waals surface area contributed by atoms with Crippen molar-refractivity contribution in [3.05, 3.63) is 59.7 Å². The number of carbonyl (C=O) groups excluding carboxylic acids is 1. The van der Waals surface area contributed by atoms with Crippen molar-refractivity contribution < 1.29 is 29.6 Å². The zero-order valence-corrected chi connectivity index (χ0v) is 28.9. The molecule has 0 aliphatic carbocycles. The van der Waals surface area contributed by atoms with Gasteiger partial charge in [-0.05, 0) is 30.7 Å². The number of esters is 1. The van der Waals surface area contributed by atoms with Crippen LogP contribution >= 0.6 is 0 Å². The molecule has 0 amide bonds. The van der Waals surface area contributed by atoms with Crippen LogP contribution in [0.2, 0.25) is 0 Å². The molecule has 0 saturated carbocycles. The molecule has 46 heavy (non-hydrogen) atoms. The molecule has 2 aromatic carbocycles. The van der Waals surface area contributed by atoms with Crippen LogP contribution < -0.4 is 0 Å². The van der Waals surface area contributed by atoms with Crippen LogP contribution in [0.5, 0.6) is 11.5 Å². The highest BCUT2D eigenvalue weighted by molar-refractivity contribution is 5.92. The number of hydrogen-bond acceptors (Lipinski definition) is 5. The average molecular weight is 641 g/mol. The zero-order valence-electron chi connectivity index (χ0n) is 28.9. The molecule has 0 heterocycles. The highest BCUT2D eigenvalue weighted by atomic mass is 16.5. The molecule has 2 aromatic rings. The van der Waals surface area contributed by atoms with Gasteiger partial charge in [-0.2, -0.15) is 0 Å². The van der Waals surface area contributed by atoms with Gasteiger partial charge in [0.2, 0.25) is 0 Å². The predicted molar refractivity (Wildman–Crippen MR) is 190 cm³/mol. The van der Waals surface area contributed by atoms with E-state index < -0.39 is 11.9 Å². The standard InChI is InChI=1S/C33H58O3.C7H6O3/c1-2-3-4-5-6-7-8-9-10-11-12-13-14-15-16-17-18-19-20-21-22-23-24-27-30-36-33(35)31-28-25-26-29-32(31)34;8-6-4-2-1-3-5(6)7(9)10/h25-26,28-29,34H,2-24,27,30H2,1H3;1-4,8H,(H,9,10). The molecule has 2 rings (SSSR count). The number of rotatable bonds is 27. The molecule has 0 fully saturated rings. The van der Waals surface area contributed by atoms with E-state index in [-0.39, 0.29) is 22.6 Å². The second-order valence-corrected chi connectivity index (χ2v) is 12.6. The highest BCUT2D eigenvalue weighted by Gasteiger charge is 2.11. The predicted octanol–water partition coefficient (Wildman–Crippen LogP) is 12.0. The third kappa shape index (κ3) is 22.5. The van der Waals surface area contributed by atoms with Crippen molar-refractivity contribution in [1.29, 1.82) is 0 Å². The first-order valence-electron chi connectivity index (χ1n) is 18.4. The molecule has 6 nitrogen and oxygen atoms in total. The molecule has 0 unspecified atom stereocenters. The minimum Gasteiger partial charge on any atom is -0.507 e. The van der Waals surface area contributed by atoms with E-state index in [0.29, 0.717) is 6.61 Å². The number of ether oxygens (including phenoxy) is 1. The number of phenolic OH excluding ortho intramolecular Hbond substituents is 1. The minimum absolute atomic E-state index is 0.0120. The Morgan fingerprint density at radius 2 is 0.783 bits per heavy atom. The number of unbranched alkanes of at least 4 members (excludes halogenated alkanes) is 23. The molecule has 0 aliphatic heterocycles. The van der Waals surface area contributed by atoms with Crippen molar-refractivity contribution in [3.8, 4) is 11.5 Å². The summed E-state index contributed by atoms with van der Waals surface area (Å²) in [6.45, 7) is 2.73. The van der Waals surface area contributed by atoms with E-state index in [1.807, 2.05) is 0 Å². The number of carboxylic acid groups (broad SMARTS) is 1. The topological polar surface area (TPSA) is 104 Å². The summed E-state index contributed by atoms with van der Waals surface area (Å²) in [5.41, 5.74) is 0.185. The molecule has 0 atom stereocenters. The lowest BCUT2D eigenvalue weighted by Crippen LogP contribution is -2.06. The van der Waals surface area contributed by atoms with Crippen molar-refractivity contribution in [2.24, 2.45) is 0 Å². The van der Waals surface area contributed by atoms with Crippen LogP contribution in [0.3, 0.4) is 0 Å². The van der Waals surface area contributed by atoms with Crippen LogP contribution in [-0.2, 0) is 4.74 Å². The molecule has 0 aromatic heterocycles. The average Bonchev–Trinajstić information content (AvgIpc) is 3.05. The molecule has 3 N–H and O–H groups in total. The first kappa shape index (κ1) is 41.0. The number of para-hydroxylation sites is 2. The lowest BCUT2D eigenvalue weighted by molar-refractivity contribution is 0.0494. The second kappa shape index (κ2) is 29.4. The van der Waals surface area contributed by atoms with Gasteiger partial charge in [0.15, 0.2) is 0 Å². The summed E-state index contributed by atoms with van der Waals surface area (Å²) in [5, 5.41) is 27.0. The summed E-state index contributed by atoms with van der Waals surface area (Å²) in [6.07, 6.45) is 33.1.